The summed E-state index contributed by atoms with van der Waals surface area (Å²) in [5, 5.41) is 4.08. The van der Waals surface area contributed by atoms with Crippen LogP contribution in [0, 0.1) is 0 Å². The number of anilines is 3. The van der Waals surface area contributed by atoms with E-state index in [0.29, 0.717) is 23.6 Å². The van der Waals surface area contributed by atoms with E-state index in [1.807, 2.05) is 36.5 Å². The van der Waals surface area contributed by atoms with Crippen LogP contribution in [-0.4, -0.2) is 58.1 Å². The van der Waals surface area contributed by atoms with E-state index in [9.17, 15) is 0 Å². The van der Waals surface area contributed by atoms with Crippen molar-refractivity contribution >= 4 is 40.5 Å². The van der Waals surface area contributed by atoms with Crippen LogP contribution in [-0.2, 0) is 0 Å². The number of thiazole rings is 1. The Hall–Kier alpha value is -2.84. The number of piperazine rings is 1. The van der Waals surface area contributed by atoms with E-state index in [1.54, 1.807) is 11.3 Å². The summed E-state index contributed by atoms with van der Waals surface area (Å²) in [5.74, 6) is 2.30. The minimum absolute atomic E-state index is 0.446. The molecule has 4 rings (SSSR count). The number of hydrogen-bond acceptors (Lipinski definition) is 8. The fourth-order valence-corrected chi connectivity index (χ4v) is 3.91. The molecule has 1 fully saturated rings. The third kappa shape index (κ3) is 5.20. The van der Waals surface area contributed by atoms with Crippen LogP contribution in [0.3, 0.4) is 0 Å². The predicted molar refractivity (Wildman–Crippen MR) is 124 cm³/mol. The molecule has 0 spiro atoms. The maximum absolute atomic E-state index is 4.71. The largest absolute Gasteiger partial charge is 0.338 e. The fraction of sp³-hybridized carbons (Fsp3) is 0.364. The highest BCUT2D eigenvalue weighted by Crippen LogP contribution is 2.27. The molecule has 2 aromatic heterocycles. The van der Waals surface area contributed by atoms with Gasteiger partial charge in [0.15, 0.2) is 11.0 Å². The molecule has 7 nitrogen and oxygen atoms in total. The third-order valence-electron chi connectivity index (χ3n) is 4.96. The second-order valence-electron chi connectivity index (χ2n) is 7.70. The van der Waals surface area contributed by atoms with Crippen LogP contribution in [0.15, 0.2) is 36.5 Å². The maximum atomic E-state index is 4.71. The van der Waals surface area contributed by atoms with Gasteiger partial charge >= 0.3 is 0 Å². The second-order valence-corrected chi connectivity index (χ2v) is 8.76. The zero-order chi connectivity index (χ0) is 20.9. The lowest BCUT2D eigenvalue weighted by atomic mass is 10.2. The predicted octanol–water partition coefficient (Wildman–Crippen LogP) is 4.12. The summed E-state index contributed by atoms with van der Waals surface area (Å²) in [7, 11) is 2.14. The molecule has 0 bridgehead atoms. The number of nitrogens with one attached hydrogen (secondary N) is 1. The van der Waals surface area contributed by atoms with E-state index in [4.69, 9.17) is 9.97 Å². The van der Waals surface area contributed by atoms with E-state index in [-0.39, 0.29) is 0 Å². The summed E-state index contributed by atoms with van der Waals surface area (Å²) in [5.41, 5.74) is 1.11. The molecule has 1 N–H and O–H groups in total. The summed E-state index contributed by atoms with van der Waals surface area (Å²) < 4.78 is 0. The standard InChI is InChI=1S/C22H27N7S/c1-16(2)18-15-23-22(30-18)27-20-24-19(10-9-17-7-5-4-6-8-17)25-21(26-20)29-13-11-28(3)12-14-29/h4-10,15-16H,11-14H2,1-3H3,(H,23,24,25,26,27). The van der Waals surface area contributed by atoms with E-state index in [2.05, 4.69) is 58.1 Å². The smallest absolute Gasteiger partial charge is 0.234 e. The zero-order valence-electron chi connectivity index (χ0n) is 17.6. The summed E-state index contributed by atoms with van der Waals surface area (Å²) in [6.07, 6.45) is 5.87. The van der Waals surface area contributed by atoms with Crippen LogP contribution in [0.4, 0.5) is 17.0 Å². The van der Waals surface area contributed by atoms with Gasteiger partial charge in [-0.1, -0.05) is 50.3 Å². The van der Waals surface area contributed by atoms with E-state index in [1.165, 1.54) is 4.88 Å². The Bertz CT molecular complexity index is 992. The SMILES string of the molecule is CC(C)c1cnc(Nc2nc(C=Cc3ccccc3)nc(N3CCN(C)CC3)n2)s1. The molecule has 3 heterocycles. The van der Waals surface area contributed by atoms with Crippen LogP contribution < -0.4 is 10.2 Å². The van der Waals surface area contributed by atoms with Crippen molar-refractivity contribution < 1.29 is 0 Å². The monoisotopic (exact) mass is 421 g/mol. The van der Waals surface area contributed by atoms with Gasteiger partial charge in [-0.15, -0.1) is 11.3 Å². The molecular weight excluding hydrogens is 394 g/mol. The summed E-state index contributed by atoms with van der Waals surface area (Å²) in [6.45, 7) is 8.12. The Morgan fingerprint density at radius 3 is 2.47 bits per heavy atom. The number of nitrogens with zero attached hydrogens (tertiary/aromatic N) is 6. The first-order valence-electron chi connectivity index (χ1n) is 10.2. The highest BCUT2D eigenvalue weighted by Gasteiger charge is 2.18. The maximum Gasteiger partial charge on any atom is 0.234 e. The Kier molecular flexibility index (Phi) is 6.35. The van der Waals surface area contributed by atoms with Crippen molar-refractivity contribution in [3.05, 3.63) is 52.8 Å². The lowest BCUT2D eigenvalue weighted by Gasteiger charge is -2.32. The van der Waals surface area contributed by atoms with Crippen molar-refractivity contribution in [1.29, 1.82) is 0 Å². The molecule has 1 aliphatic rings. The van der Waals surface area contributed by atoms with Crippen molar-refractivity contribution in [3.8, 4) is 0 Å². The van der Waals surface area contributed by atoms with Crippen LogP contribution in [0.2, 0.25) is 0 Å². The molecule has 8 heteroatoms. The van der Waals surface area contributed by atoms with E-state index >= 15 is 0 Å². The van der Waals surface area contributed by atoms with Crippen LogP contribution in [0.1, 0.15) is 36.0 Å². The molecule has 0 aliphatic carbocycles. The summed E-state index contributed by atoms with van der Waals surface area (Å²) >= 11 is 1.63. The number of rotatable bonds is 6. The highest BCUT2D eigenvalue weighted by atomic mass is 32.1. The molecule has 3 aromatic rings. The lowest BCUT2D eigenvalue weighted by molar-refractivity contribution is 0.311. The fourth-order valence-electron chi connectivity index (χ4n) is 3.10. The first-order valence-corrected chi connectivity index (χ1v) is 11.0. The molecule has 30 heavy (non-hydrogen) atoms. The molecule has 1 aromatic carbocycles. The second kappa shape index (κ2) is 9.32. The Labute approximate surface area is 181 Å². The molecule has 0 unspecified atom stereocenters. The van der Waals surface area contributed by atoms with Crippen LogP contribution in [0.5, 0.6) is 0 Å². The van der Waals surface area contributed by atoms with Gasteiger partial charge in [-0.3, -0.25) is 5.32 Å². The minimum atomic E-state index is 0.446. The van der Waals surface area contributed by atoms with Crippen LogP contribution in [0.25, 0.3) is 12.2 Å². The molecule has 0 amide bonds. The number of aromatic nitrogens is 4. The first kappa shape index (κ1) is 20.4. The molecule has 0 saturated carbocycles. The van der Waals surface area contributed by atoms with E-state index in [0.717, 1.165) is 36.9 Å². The average Bonchev–Trinajstić information content (AvgIpc) is 3.22. The van der Waals surface area contributed by atoms with Crippen molar-refractivity contribution in [3.63, 3.8) is 0 Å². The summed E-state index contributed by atoms with van der Waals surface area (Å²) in [6, 6.07) is 10.2. The molecule has 0 radical (unpaired) electrons. The van der Waals surface area contributed by atoms with Crippen LogP contribution >= 0.6 is 11.3 Å². The van der Waals surface area contributed by atoms with Gasteiger partial charge in [0.25, 0.3) is 0 Å². The summed E-state index contributed by atoms with van der Waals surface area (Å²) in [4.78, 5) is 24.3. The molecule has 1 saturated heterocycles. The van der Waals surface area contributed by atoms with Gasteiger partial charge in [0.05, 0.1) is 0 Å². The number of benzene rings is 1. The van der Waals surface area contributed by atoms with Gasteiger partial charge in [0.1, 0.15) is 0 Å². The van der Waals surface area contributed by atoms with Crippen molar-refractivity contribution in [2.45, 2.75) is 19.8 Å². The van der Waals surface area contributed by atoms with Gasteiger partial charge in [0.2, 0.25) is 11.9 Å². The zero-order valence-corrected chi connectivity index (χ0v) is 18.4. The molecule has 156 valence electrons. The normalized spacial score (nSPS) is 15.3. The van der Waals surface area contributed by atoms with Gasteiger partial charge in [-0.2, -0.15) is 15.0 Å². The molecule has 0 atom stereocenters. The van der Waals surface area contributed by atoms with E-state index < -0.39 is 0 Å². The number of likely N-dealkylation sites (N-methyl/N-ethyl adjacent to an activating group) is 1. The Balaban J connectivity index is 1.62. The number of hydrogen-bond donors (Lipinski definition) is 1. The van der Waals surface area contributed by atoms with Crippen molar-refractivity contribution in [1.82, 2.24) is 24.8 Å². The van der Waals surface area contributed by atoms with Crippen molar-refractivity contribution in [2.24, 2.45) is 0 Å². The van der Waals surface area contributed by atoms with Gasteiger partial charge in [-0.05, 0) is 24.6 Å². The minimum Gasteiger partial charge on any atom is -0.338 e. The lowest BCUT2D eigenvalue weighted by Crippen LogP contribution is -2.45. The Morgan fingerprint density at radius 2 is 1.77 bits per heavy atom. The topological polar surface area (TPSA) is 70.1 Å². The van der Waals surface area contributed by atoms with Gasteiger partial charge in [0, 0.05) is 37.3 Å². The third-order valence-corrected chi connectivity index (χ3v) is 6.18. The molecule has 1 aliphatic heterocycles. The highest BCUT2D eigenvalue weighted by molar-refractivity contribution is 7.15. The first-order chi connectivity index (χ1) is 14.6. The Morgan fingerprint density at radius 1 is 1.00 bits per heavy atom. The average molecular weight is 422 g/mol. The van der Waals surface area contributed by atoms with Gasteiger partial charge in [-0.25, -0.2) is 4.98 Å². The quantitative estimate of drug-likeness (QED) is 0.642. The van der Waals surface area contributed by atoms with Crippen molar-refractivity contribution in [2.75, 3.05) is 43.4 Å². The molecular formula is C22H27N7S. The van der Waals surface area contributed by atoms with Gasteiger partial charge < -0.3 is 9.80 Å².